The molecule has 1 amide bonds. The Bertz CT molecular complexity index is 779. The molecular formula is C14H17N4O4S+. The Labute approximate surface area is 133 Å². The predicted molar refractivity (Wildman–Crippen MR) is 81.2 cm³/mol. The lowest BCUT2D eigenvalue weighted by Gasteiger charge is -2.30. The van der Waals surface area contributed by atoms with Gasteiger partial charge in [-0.1, -0.05) is 0 Å². The van der Waals surface area contributed by atoms with E-state index in [1.165, 1.54) is 18.5 Å². The van der Waals surface area contributed by atoms with Gasteiger partial charge >= 0.3 is 0 Å². The van der Waals surface area contributed by atoms with Crippen molar-refractivity contribution in [3.8, 4) is 0 Å². The number of carbonyl (C=O) groups excluding carboxylic acids is 1. The summed E-state index contributed by atoms with van der Waals surface area (Å²) >= 11 is 0. The molecule has 3 heterocycles. The first-order chi connectivity index (χ1) is 10.9. The number of pyridine rings is 1. The summed E-state index contributed by atoms with van der Waals surface area (Å²) in [5.74, 6) is 0.994. The third-order valence-corrected chi connectivity index (χ3v) is 4.65. The number of hydrogen-bond acceptors (Lipinski definition) is 5. The van der Waals surface area contributed by atoms with E-state index in [-0.39, 0.29) is 10.8 Å². The number of piperazine rings is 1. The number of nitrogens with one attached hydrogen (secondary N) is 1. The summed E-state index contributed by atoms with van der Waals surface area (Å²) in [6.45, 7) is 2.39. The van der Waals surface area contributed by atoms with Crippen LogP contribution >= 0.6 is 0 Å². The van der Waals surface area contributed by atoms with Crippen LogP contribution < -0.4 is 15.0 Å². The number of anilines is 1. The maximum absolute atomic E-state index is 12.2. The molecule has 0 aliphatic carbocycles. The van der Waals surface area contributed by atoms with Crippen molar-refractivity contribution >= 4 is 21.7 Å². The molecule has 2 aromatic rings. The maximum Gasteiger partial charge on any atom is 0.289 e. The molecule has 1 aliphatic rings. The first-order valence-electron chi connectivity index (χ1n) is 7.07. The lowest BCUT2D eigenvalue weighted by molar-refractivity contribution is -0.367. The second-order valence-electron chi connectivity index (χ2n) is 5.21. The summed E-state index contributed by atoms with van der Waals surface area (Å²) < 4.78 is 27.6. The van der Waals surface area contributed by atoms with Gasteiger partial charge in [0.15, 0.2) is 5.76 Å². The highest BCUT2D eigenvalue weighted by Crippen LogP contribution is 2.14. The van der Waals surface area contributed by atoms with Crippen molar-refractivity contribution in [2.24, 2.45) is 5.14 Å². The van der Waals surface area contributed by atoms with Crippen LogP contribution in [-0.4, -0.2) is 45.4 Å². The highest BCUT2D eigenvalue weighted by atomic mass is 32.2. The second-order valence-corrected chi connectivity index (χ2v) is 6.77. The van der Waals surface area contributed by atoms with Gasteiger partial charge in [-0.05, 0) is 18.2 Å². The number of carbonyl (C=O) groups is 1. The van der Waals surface area contributed by atoms with Gasteiger partial charge in [-0.3, -0.25) is 9.69 Å². The van der Waals surface area contributed by atoms with E-state index in [0.717, 1.165) is 5.82 Å². The number of sulfonamides is 1. The molecule has 1 saturated heterocycles. The van der Waals surface area contributed by atoms with Crippen LogP contribution in [0.15, 0.2) is 46.0 Å². The molecule has 2 aromatic heterocycles. The van der Waals surface area contributed by atoms with Gasteiger partial charge in [0, 0.05) is 6.07 Å². The predicted octanol–water partition coefficient (Wildman–Crippen LogP) is -0.297. The monoisotopic (exact) mass is 337 g/mol. The molecule has 0 bridgehead atoms. The molecule has 1 fully saturated rings. The Morgan fingerprint density at radius 2 is 1.91 bits per heavy atom. The van der Waals surface area contributed by atoms with Crippen molar-refractivity contribution in [3.63, 3.8) is 0 Å². The number of aromatic amines is 1. The van der Waals surface area contributed by atoms with Gasteiger partial charge in [0.05, 0.1) is 19.4 Å². The van der Waals surface area contributed by atoms with E-state index in [2.05, 4.69) is 4.98 Å². The normalized spacial score (nSPS) is 15.7. The summed E-state index contributed by atoms with van der Waals surface area (Å²) in [4.78, 5) is 18.9. The van der Waals surface area contributed by atoms with E-state index in [1.807, 2.05) is 4.90 Å². The van der Waals surface area contributed by atoms with E-state index < -0.39 is 10.0 Å². The molecule has 8 nitrogen and oxygen atoms in total. The summed E-state index contributed by atoms with van der Waals surface area (Å²) in [6, 6.07) is 6.46. The van der Waals surface area contributed by atoms with Crippen molar-refractivity contribution in [2.45, 2.75) is 4.90 Å². The van der Waals surface area contributed by atoms with Gasteiger partial charge in [-0.15, -0.1) is 0 Å². The molecule has 122 valence electrons. The number of nitrogens with zero attached hydrogens (tertiary/aromatic N) is 2. The molecule has 23 heavy (non-hydrogen) atoms. The fourth-order valence-corrected chi connectivity index (χ4v) is 2.96. The minimum absolute atomic E-state index is 0.0351. The molecular weight excluding hydrogens is 320 g/mol. The number of nitrogens with two attached hydrogens (primary N) is 1. The Balaban J connectivity index is 1.64. The third-order valence-electron chi connectivity index (χ3n) is 3.74. The summed E-state index contributed by atoms with van der Waals surface area (Å²) in [5, 5.41) is 5.07. The lowest BCUT2D eigenvalue weighted by atomic mass is 10.2. The van der Waals surface area contributed by atoms with Gasteiger partial charge in [0.25, 0.3) is 11.7 Å². The van der Waals surface area contributed by atoms with Crippen LogP contribution in [0.5, 0.6) is 0 Å². The van der Waals surface area contributed by atoms with Gasteiger partial charge in [0.2, 0.25) is 10.0 Å². The van der Waals surface area contributed by atoms with Gasteiger partial charge < -0.3 is 9.32 Å². The minimum atomic E-state index is -3.71. The first-order valence-corrected chi connectivity index (χ1v) is 8.62. The number of hydrogen-bond donors (Lipinski definition) is 1. The number of rotatable bonds is 3. The van der Waals surface area contributed by atoms with E-state index >= 15 is 0 Å². The van der Waals surface area contributed by atoms with Crippen molar-refractivity contribution < 1.29 is 22.6 Å². The molecule has 9 heteroatoms. The number of furan rings is 1. The van der Waals surface area contributed by atoms with Crippen LogP contribution in [0.2, 0.25) is 0 Å². The summed E-state index contributed by atoms with van der Waals surface area (Å²) in [5.41, 5.74) is 0. The highest BCUT2D eigenvalue weighted by molar-refractivity contribution is 7.89. The Hall–Kier alpha value is -2.39. The standard InChI is InChI=1S/C14H16N4O4S/c15-23(20,21)11-3-4-13(16-10-11)17-5-7-18(8-6-17)14(19)12-2-1-9-22-12/h1-4,9-10H,5-8H2,(H2,15,20,21)/p+1. The smallest absolute Gasteiger partial charge is 0.289 e. The first kappa shape index (κ1) is 15.5. The zero-order valence-corrected chi connectivity index (χ0v) is 13.1. The number of primary sulfonamides is 1. The average Bonchev–Trinajstić information content (AvgIpc) is 3.08. The number of amides is 1. The highest BCUT2D eigenvalue weighted by Gasteiger charge is 2.28. The van der Waals surface area contributed by atoms with Gasteiger partial charge in [0.1, 0.15) is 24.2 Å². The lowest BCUT2D eigenvalue weighted by Crippen LogP contribution is -2.50. The number of aromatic nitrogens is 1. The molecule has 0 saturated carbocycles. The fourth-order valence-electron chi connectivity index (χ4n) is 2.48. The SMILES string of the molecule is NS(=O)(=O)c1ccc(N2CCN(C(=O)c3ccco3)CC2)[nH+]c1. The number of H-pyrrole nitrogens is 1. The van der Waals surface area contributed by atoms with Gasteiger partial charge in [-0.25, -0.2) is 18.5 Å². The third kappa shape index (κ3) is 3.35. The van der Waals surface area contributed by atoms with Crippen molar-refractivity contribution in [1.82, 2.24) is 4.90 Å². The topological polar surface area (TPSA) is 111 Å². The average molecular weight is 337 g/mol. The van der Waals surface area contributed by atoms with Crippen molar-refractivity contribution in [1.29, 1.82) is 0 Å². The largest absolute Gasteiger partial charge is 0.459 e. The Morgan fingerprint density at radius 3 is 2.43 bits per heavy atom. The maximum atomic E-state index is 12.2. The molecule has 0 spiro atoms. The molecule has 0 atom stereocenters. The van der Waals surface area contributed by atoms with Crippen LogP contribution in [0.25, 0.3) is 0 Å². The quantitative estimate of drug-likeness (QED) is 0.827. The van der Waals surface area contributed by atoms with E-state index in [1.54, 1.807) is 23.1 Å². The van der Waals surface area contributed by atoms with Crippen molar-refractivity contribution in [3.05, 3.63) is 42.5 Å². The summed E-state index contributed by atoms with van der Waals surface area (Å²) in [6.07, 6.45) is 2.84. The zero-order chi connectivity index (χ0) is 16.4. The van der Waals surface area contributed by atoms with Crippen LogP contribution in [0, 0.1) is 0 Å². The van der Waals surface area contributed by atoms with E-state index in [9.17, 15) is 13.2 Å². The fraction of sp³-hybridized carbons (Fsp3) is 0.286. The second kappa shape index (κ2) is 6.01. The summed E-state index contributed by atoms with van der Waals surface area (Å²) in [7, 11) is -3.71. The minimum Gasteiger partial charge on any atom is -0.459 e. The van der Waals surface area contributed by atoms with Crippen molar-refractivity contribution in [2.75, 3.05) is 31.1 Å². The van der Waals surface area contributed by atoms with E-state index in [0.29, 0.717) is 31.9 Å². The molecule has 0 aromatic carbocycles. The van der Waals surface area contributed by atoms with Crippen LogP contribution in [0.3, 0.4) is 0 Å². The molecule has 0 unspecified atom stereocenters. The molecule has 3 N–H and O–H groups in total. The van der Waals surface area contributed by atoms with E-state index in [4.69, 9.17) is 9.56 Å². The Kier molecular flexibility index (Phi) is 4.05. The molecule has 0 radical (unpaired) electrons. The molecule has 3 rings (SSSR count). The van der Waals surface area contributed by atoms with Crippen LogP contribution in [0.1, 0.15) is 10.6 Å². The zero-order valence-electron chi connectivity index (χ0n) is 12.3. The van der Waals surface area contributed by atoms with Crippen LogP contribution in [-0.2, 0) is 10.0 Å². The van der Waals surface area contributed by atoms with Gasteiger partial charge in [-0.2, -0.15) is 0 Å². The Morgan fingerprint density at radius 1 is 1.17 bits per heavy atom. The molecule has 1 aliphatic heterocycles. The van der Waals surface area contributed by atoms with Crippen LogP contribution in [0.4, 0.5) is 5.82 Å².